The zero-order chi connectivity index (χ0) is 15.2. The quantitative estimate of drug-likeness (QED) is 0.661. The minimum absolute atomic E-state index is 0.0938. The lowest BCUT2D eigenvalue weighted by atomic mass is 10.2. The Morgan fingerprint density at radius 3 is 2.86 bits per heavy atom. The van der Waals surface area contributed by atoms with Crippen LogP contribution in [0.25, 0.3) is 0 Å². The van der Waals surface area contributed by atoms with Crippen molar-refractivity contribution in [3.63, 3.8) is 0 Å². The molecule has 1 amide bonds. The Morgan fingerprint density at radius 2 is 2.19 bits per heavy atom. The van der Waals surface area contributed by atoms with E-state index in [9.17, 15) is 10.1 Å². The zero-order valence-electron chi connectivity index (χ0n) is 11.8. The largest absolute Gasteiger partial charge is 0.374 e. The molecule has 0 aromatic heterocycles. The molecule has 1 aliphatic rings. The van der Waals surface area contributed by atoms with Crippen LogP contribution in [0.5, 0.6) is 0 Å². The predicted octanol–water partition coefficient (Wildman–Crippen LogP) is 1.90. The molecule has 0 saturated carbocycles. The van der Waals surface area contributed by atoms with Crippen LogP contribution in [0.3, 0.4) is 0 Å². The molecule has 1 saturated heterocycles. The normalized spacial score (nSPS) is 15.5. The van der Waals surface area contributed by atoms with Gasteiger partial charge >= 0.3 is 0 Å². The number of nitrogens with zero attached hydrogens (tertiary/aromatic N) is 2. The lowest BCUT2D eigenvalue weighted by Gasteiger charge is -2.26. The first kappa shape index (κ1) is 15.4. The molecule has 0 aliphatic carbocycles. The molecule has 0 radical (unpaired) electrons. The molecule has 0 bridgehead atoms. The Balaban J connectivity index is 2.11. The van der Waals surface area contributed by atoms with Gasteiger partial charge in [-0.25, -0.2) is 0 Å². The van der Waals surface area contributed by atoms with Crippen molar-refractivity contribution in [1.29, 1.82) is 5.26 Å². The lowest BCUT2D eigenvalue weighted by molar-refractivity contribution is -0.112. The van der Waals surface area contributed by atoms with E-state index >= 15 is 0 Å². The Morgan fingerprint density at radius 1 is 1.48 bits per heavy atom. The van der Waals surface area contributed by atoms with Gasteiger partial charge in [0.25, 0.3) is 5.91 Å². The van der Waals surface area contributed by atoms with Crippen molar-refractivity contribution in [3.05, 3.63) is 40.6 Å². The van der Waals surface area contributed by atoms with E-state index in [4.69, 9.17) is 11.6 Å². The summed E-state index contributed by atoms with van der Waals surface area (Å²) >= 11 is 5.92. The summed E-state index contributed by atoms with van der Waals surface area (Å²) < 4.78 is 0. The van der Waals surface area contributed by atoms with Gasteiger partial charge in [-0.3, -0.25) is 4.79 Å². The van der Waals surface area contributed by atoms with Crippen LogP contribution in [0.1, 0.15) is 5.56 Å². The Labute approximate surface area is 129 Å². The van der Waals surface area contributed by atoms with E-state index in [1.165, 1.54) is 0 Å². The molecule has 2 N–H and O–H groups in total. The predicted molar refractivity (Wildman–Crippen MR) is 83.0 cm³/mol. The Kier molecular flexibility index (Phi) is 5.20. The minimum Gasteiger partial charge on any atom is -0.374 e. The number of nitriles is 1. The highest BCUT2D eigenvalue weighted by molar-refractivity contribution is 6.31. The van der Waals surface area contributed by atoms with Crippen molar-refractivity contribution in [3.8, 4) is 6.07 Å². The molecule has 1 aromatic carbocycles. The van der Waals surface area contributed by atoms with E-state index in [0.717, 1.165) is 31.7 Å². The van der Waals surface area contributed by atoms with E-state index in [1.54, 1.807) is 18.3 Å². The van der Waals surface area contributed by atoms with Crippen LogP contribution in [0.15, 0.2) is 30.0 Å². The number of piperazine rings is 1. The summed E-state index contributed by atoms with van der Waals surface area (Å²) in [6.07, 6.45) is 1.62. The second-order valence-electron chi connectivity index (χ2n) is 4.85. The Bertz CT molecular complexity index is 600. The maximum absolute atomic E-state index is 12.2. The van der Waals surface area contributed by atoms with Gasteiger partial charge in [0.05, 0.1) is 0 Å². The van der Waals surface area contributed by atoms with Crippen LogP contribution >= 0.6 is 11.6 Å². The number of aryl methyl sites for hydroxylation is 1. The molecule has 0 atom stereocenters. The van der Waals surface area contributed by atoms with E-state index in [-0.39, 0.29) is 5.57 Å². The number of benzene rings is 1. The fourth-order valence-electron chi connectivity index (χ4n) is 2.05. The van der Waals surface area contributed by atoms with Gasteiger partial charge < -0.3 is 15.5 Å². The summed E-state index contributed by atoms with van der Waals surface area (Å²) in [5.41, 5.74) is 1.61. The molecular formula is C15H17ClN4O. The molecule has 21 heavy (non-hydrogen) atoms. The van der Waals surface area contributed by atoms with Crippen molar-refractivity contribution in [1.82, 2.24) is 10.2 Å². The maximum atomic E-state index is 12.2. The van der Waals surface area contributed by atoms with E-state index in [2.05, 4.69) is 10.6 Å². The molecule has 110 valence electrons. The maximum Gasteiger partial charge on any atom is 0.267 e. The van der Waals surface area contributed by atoms with Gasteiger partial charge in [-0.1, -0.05) is 17.7 Å². The highest BCUT2D eigenvalue weighted by Gasteiger charge is 2.14. The van der Waals surface area contributed by atoms with Gasteiger partial charge in [-0.2, -0.15) is 5.26 Å². The summed E-state index contributed by atoms with van der Waals surface area (Å²) in [4.78, 5) is 14.2. The first-order valence-electron chi connectivity index (χ1n) is 6.74. The summed E-state index contributed by atoms with van der Waals surface area (Å²) in [6.45, 7) is 5.15. The number of carbonyl (C=O) groups excluding carboxylic acids is 1. The van der Waals surface area contributed by atoms with Crippen molar-refractivity contribution in [2.75, 3.05) is 31.5 Å². The number of anilines is 1. The average molecular weight is 305 g/mol. The number of carbonyl (C=O) groups is 1. The average Bonchev–Trinajstić information content (AvgIpc) is 2.49. The first-order chi connectivity index (χ1) is 10.1. The second-order valence-corrected chi connectivity index (χ2v) is 5.29. The molecule has 1 heterocycles. The number of hydrogen-bond acceptors (Lipinski definition) is 4. The highest BCUT2D eigenvalue weighted by Crippen LogP contribution is 2.20. The van der Waals surface area contributed by atoms with Crippen LogP contribution in [-0.4, -0.2) is 37.0 Å². The van der Waals surface area contributed by atoms with Gasteiger partial charge in [0.2, 0.25) is 0 Å². The molecule has 1 aliphatic heterocycles. The fourth-order valence-corrected chi connectivity index (χ4v) is 2.22. The molecule has 1 aromatic rings. The molecule has 0 spiro atoms. The Hall–Kier alpha value is -2.03. The third-order valence-electron chi connectivity index (χ3n) is 3.28. The summed E-state index contributed by atoms with van der Waals surface area (Å²) in [5.74, 6) is -0.415. The molecule has 5 nitrogen and oxygen atoms in total. The number of amides is 1. The van der Waals surface area contributed by atoms with Crippen LogP contribution < -0.4 is 10.6 Å². The third-order valence-corrected chi connectivity index (χ3v) is 3.51. The van der Waals surface area contributed by atoms with Crippen LogP contribution in [0.4, 0.5) is 5.69 Å². The van der Waals surface area contributed by atoms with Crippen molar-refractivity contribution < 1.29 is 4.79 Å². The molecule has 2 rings (SSSR count). The lowest BCUT2D eigenvalue weighted by Crippen LogP contribution is -2.41. The summed E-state index contributed by atoms with van der Waals surface area (Å²) in [7, 11) is 0. The molecular weight excluding hydrogens is 288 g/mol. The first-order valence-corrected chi connectivity index (χ1v) is 7.12. The summed E-state index contributed by atoms with van der Waals surface area (Å²) in [5, 5.41) is 15.7. The van der Waals surface area contributed by atoms with Gasteiger partial charge in [0, 0.05) is 43.1 Å². The van der Waals surface area contributed by atoms with Gasteiger partial charge in [0.15, 0.2) is 0 Å². The van der Waals surface area contributed by atoms with Crippen molar-refractivity contribution >= 4 is 23.2 Å². The molecule has 0 unspecified atom stereocenters. The standard InChI is InChI=1S/C15H17ClN4O/c1-11-2-3-13(16)8-14(11)19-15(21)12(9-17)10-20-6-4-18-5-7-20/h2-3,8,10,18H,4-7H2,1H3,(H,19,21)/b12-10-. The zero-order valence-corrected chi connectivity index (χ0v) is 12.6. The number of halogens is 1. The van der Waals surface area contributed by atoms with Gasteiger partial charge in [-0.15, -0.1) is 0 Å². The van der Waals surface area contributed by atoms with E-state index in [0.29, 0.717) is 10.7 Å². The second kappa shape index (κ2) is 7.11. The van der Waals surface area contributed by atoms with Crippen LogP contribution in [0, 0.1) is 18.3 Å². The monoisotopic (exact) mass is 304 g/mol. The van der Waals surface area contributed by atoms with Gasteiger partial charge in [0.1, 0.15) is 11.6 Å². The number of nitrogens with one attached hydrogen (secondary N) is 2. The summed E-state index contributed by atoms with van der Waals surface area (Å²) in [6, 6.07) is 7.21. The SMILES string of the molecule is Cc1ccc(Cl)cc1NC(=O)/C(C#N)=C\N1CCNCC1. The minimum atomic E-state index is -0.415. The topological polar surface area (TPSA) is 68.2 Å². The number of rotatable bonds is 3. The smallest absolute Gasteiger partial charge is 0.267 e. The molecule has 1 fully saturated rings. The number of hydrogen-bond donors (Lipinski definition) is 2. The van der Waals surface area contributed by atoms with Gasteiger partial charge in [-0.05, 0) is 24.6 Å². The van der Waals surface area contributed by atoms with E-state index < -0.39 is 5.91 Å². The van der Waals surface area contributed by atoms with E-state index in [1.807, 2.05) is 24.0 Å². The highest BCUT2D eigenvalue weighted by atomic mass is 35.5. The third kappa shape index (κ3) is 4.22. The van der Waals surface area contributed by atoms with Crippen molar-refractivity contribution in [2.45, 2.75) is 6.92 Å². The van der Waals surface area contributed by atoms with Crippen LogP contribution in [-0.2, 0) is 4.79 Å². The fraction of sp³-hybridized carbons (Fsp3) is 0.333. The molecule has 6 heteroatoms. The van der Waals surface area contributed by atoms with Crippen molar-refractivity contribution in [2.24, 2.45) is 0 Å². The van der Waals surface area contributed by atoms with Crippen LogP contribution in [0.2, 0.25) is 5.02 Å².